The van der Waals surface area contributed by atoms with Crippen molar-refractivity contribution in [1.82, 2.24) is 0 Å². The average molecular weight is 265 g/mol. The molecule has 1 heteroatoms. The number of para-hydroxylation sites is 1. The monoisotopic (exact) mass is 265 g/mol. The van der Waals surface area contributed by atoms with Gasteiger partial charge in [-0.15, -0.1) is 0 Å². The molecule has 2 aromatic carbocycles. The van der Waals surface area contributed by atoms with E-state index in [1.165, 1.54) is 43.2 Å². The van der Waals surface area contributed by atoms with Crippen LogP contribution in [0.25, 0.3) is 0 Å². The summed E-state index contributed by atoms with van der Waals surface area (Å²) in [6.45, 7) is 0. The highest BCUT2D eigenvalue weighted by Gasteiger charge is 2.27. The molecular weight excluding hydrogens is 242 g/mol. The van der Waals surface area contributed by atoms with Crippen LogP contribution in [0.1, 0.15) is 42.7 Å². The molecule has 2 atom stereocenters. The predicted molar refractivity (Wildman–Crippen MR) is 85.7 cm³/mol. The van der Waals surface area contributed by atoms with Crippen LogP contribution in [0.4, 0.5) is 5.69 Å². The fourth-order valence-corrected chi connectivity index (χ4v) is 3.63. The van der Waals surface area contributed by atoms with Gasteiger partial charge < -0.3 is 5.73 Å². The van der Waals surface area contributed by atoms with Crippen molar-refractivity contribution in [1.29, 1.82) is 0 Å². The number of rotatable bonds is 3. The molecule has 0 bridgehead atoms. The minimum atomic E-state index is 0.630. The summed E-state index contributed by atoms with van der Waals surface area (Å²) in [5.41, 5.74) is 10.0. The second-order valence-corrected chi connectivity index (χ2v) is 5.97. The first-order valence-electron chi connectivity index (χ1n) is 7.73. The van der Waals surface area contributed by atoms with Gasteiger partial charge >= 0.3 is 0 Å². The summed E-state index contributed by atoms with van der Waals surface area (Å²) in [7, 11) is 0. The van der Waals surface area contributed by atoms with E-state index in [9.17, 15) is 0 Å². The first kappa shape index (κ1) is 13.2. The largest absolute Gasteiger partial charge is 0.398 e. The maximum atomic E-state index is 6.21. The molecule has 1 aliphatic carbocycles. The van der Waals surface area contributed by atoms with E-state index in [0.717, 1.165) is 11.6 Å². The molecule has 0 aliphatic heterocycles. The third-order valence-corrected chi connectivity index (χ3v) is 4.65. The van der Waals surface area contributed by atoms with Crippen LogP contribution in [0.5, 0.6) is 0 Å². The fourth-order valence-electron chi connectivity index (χ4n) is 3.63. The number of hydrogen-bond acceptors (Lipinski definition) is 1. The standard InChI is InChI=1S/C19H23N/c20-19-13-7-6-12-18(19)17-11-5-4-10-16(17)14-15-8-2-1-3-9-15/h1-3,6-9,12-13,16-17H,4-5,10-11,14,20H2/t16-,17-/m0/s1. The molecule has 0 saturated heterocycles. The van der Waals surface area contributed by atoms with Crippen molar-refractivity contribution in [2.24, 2.45) is 5.92 Å². The molecule has 0 amide bonds. The van der Waals surface area contributed by atoms with Crippen molar-refractivity contribution in [3.8, 4) is 0 Å². The van der Waals surface area contributed by atoms with Gasteiger partial charge in [-0.25, -0.2) is 0 Å². The smallest absolute Gasteiger partial charge is 0.0349 e. The first-order valence-corrected chi connectivity index (χ1v) is 7.73. The molecule has 0 aromatic heterocycles. The minimum Gasteiger partial charge on any atom is -0.398 e. The van der Waals surface area contributed by atoms with Crippen molar-refractivity contribution in [3.05, 3.63) is 65.7 Å². The van der Waals surface area contributed by atoms with Gasteiger partial charge in [0.25, 0.3) is 0 Å². The summed E-state index contributed by atoms with van der Waals surface area (Å²) in [4.78, 5) is 0. The van der Waals surface area contributed by atoms with Gasteiger partial charge in [-0.1, -0.05) is 61.4 Å². The average Bonchev–Trinajstić information content (AvgIpc) is 2.50. The molecule has 3 rings (SSSR count). The topological polar surface area (TPSA) is 26.0 Å². The van der Waals surface area contributed by atoms with Crippen LogP contribution < -0.4 is 5.73 Å². The van der Waals surface area contributed by atoms with Gasteiger partial charge in [-0.2, -0.15) is 0 Å². The van der Waals surface area contributed by atoms with Crippen molar-refractivity contribution in [3.63, 3.8) is 0 Å². The van der Waals surface area contributed by atoms with Gasteiger partial charge in [0.05, 0.1) is 0 Å². The third-order valence-electron chi connectivity index (χ3n) is 4.65. The Morgan fingerprint density at radius 1 is 0.850 bits per heavy atom. The molecular formula is C19H23N. The molecule has 0 radical (unpaired) electrons. The Balaban J connectivity index is 1.83. The van der Waals surface area contributed by atoms with E-state index < -0.39 is 0 Å². The van der Waals surface area contributed by atoms with Gasteiger partial charge in [0.2, 0.25) is 0 Å². The zero-order valence-electron chi connectivity index (χ0n) is 12.0. The Morgan fingerprint density at radius 2 is 1.55 bits per heavy atom. The molecule has 1 nitrogen and oxygen atoms in total. The lowest BCUT2D eigenvalue weighted by Gasteiger charge is -2.33. The first-order chi connectivity index (χ1) is 9.84. The lowest BCUT2D eigenvalue weighted by molar-refractivity contribution is 0.306. The summed E-state index contributed by atoms with van der Waals surface area (Å²) in [6.07, 6.45) is 6.49. The van der Waals surface area contributed by atoms with Gasteiger partial charge in [-0.3, -0.25) is 0 Å². The molecule has 1 fully saturated rings. The molecule has 2 aromatic rings. The van der Waals surface area contributed by atoms with Crippen molar-refractivity contribution < 1.29 is 0 Å². The van der Waals surface area contributed by atoms with Crippen LogP contribution in [0.15, 0.2) is 54.6 Å². The lowest BCUT2D eigenvalue weighted by Crippen LogP contribution is -2.21. The van der Waals surface area contributed by atoms with Crippen LogP contribution >= 0.6 is 0 Å². The molecule has 104 valence electrons. The van der Waals surface area contributed by atoms with Crippen LogP contribution in [-0.2, 0) is 6.42 Å². The third kappa shape index (κ3) is 2.87. The summed E-state index contributed by atoms with van der Waals surface area (Å²) < 4.78 is 0. The van der Waals surface area contributed by atoms with Crippen LogP contribution in [0.2, 0.25) is 0 Å². The zero-order chi connectivity index (χ0) is 13.8. The highest BCUT2D eigenvalue weighted by molar-refractivity contribution is 5.48. The lowest BCUT2D eigenvalue weighted by atomic mass is 9.72. The Bertz CT molecular complexity index is 547. The van der Waals surface area contributed by atoms with Crippen LogP contribution in [0, 0.1) is 5.92 Å². The second kappa shape index (κ2) is 6.13. The highest BCUT2D eigenvalue weighted by atomic mass is 14.6. The minimum absolute atomic E-state index is 0.630. The van der Waals surface area contributed by atoms with Gasteiger partial charge in [0.15, 0.2) is 0 Å². The number of nitrogen functional groups attached to an aromatic ring is 1. The quantitative estimate of drug-likeness (QED) is 0.794. The fraction of sp³-hybridized carbons (Fsp3) is 0.368. The summed E-state index contributed by atoms with van der Waals surface area (Å²) >= 11 is 0. The molecule has 0 spiro atoms. The van der Waals surface area contributed by atoms with E-state index in [-0.39, 0.29) is 0 Å². The normalized spacial score (nSPS) is 22.6. The summed E-state index contributed by atoms with van der Waals surface area (Å²) in [5, 5.41) is 0. The number of benzene rings is 2. The predicted octanol–water partition coefficient (Wildman–Crippen LogP) is 4.79. The number of nitrogens with two attached hydrogens (primary N) is 1. The molecule has 0 heterocycles. The Labute approximate surface area is 121 Å². The summed E-state index contributed by atoms with van der Waals surface area (Å²) in [6, 6.07) is 19.3. The van der Waals surface area contributed by atoms with E-state index in [1.54, 1.807) is 0 Å². The number of hydrogen-bond donors (Lipinski definition) is 1. The van der Waals surface area contributed by atoms with Crippen molar-refractivity contribution >= 4 is 5.69 Å². The maximum Gasteiger partial charge on any atom is 0.0349 e. The van der Waals surface area contributed by atoms with E-state index in [4.69, 9.17) is 5.73 Å². The highest BCUT2D eigenvalue weighted by Crippen LogP contribution is 2.41. The Kier molecular flexibility index (Phi) is 4.05. The Hall–Kier alpha value is -1.76. The van der Waals surface area contributed by atoms with E-state index in [1.807, 2.05) is 12.1 Å². The molecule has 1 aliphatic rings. The van der Waals surface area contributed by atoms with Crippen molar-refractivity contribution in [2.45, 2.75) is 38.0 Å². The van der Waals surface area contributed by atoms with E-state index in [2.05, 4.69) is 42.5 Å². The molecule has 1 saturated carbocycles. The van der Waals surface area contributed by atoms with Crippen LogP contribution in [0.3, 0.4) is 0 Å². The molecule has 2 N–H and O–H groups in total. The van der Waals surface area contributed by atoms with Crippen molar-refractivity contribution in [2.75, 3.05) is 5.73 Å². The van der Waals surface area contributed by atoms with E-state index >= 15 is 0 Å². The second-order valence-electron chi connectivity index (χ2n) is 5.97. The number of anilines is 1. The zero-order valence-corrected chi connectivity index (χ0v) is 12.0. The summed E-state index contributed by atoms with van der Waals surface area (Å²) in [5.74, 6) is 1.36. The van der Waals surface area contributed by atoms with E-state index in [0.29, 0.717) is 5.92 Å². The Morgan fingerprint density at radius 3 is 2.35 bits per heavy atom. The van der Waals surface area contributed by atoms with Gasteiger partial charge in [-0.05, 0) is 48.3 Å². The SMILES string of the molecule is Nc1ccccc1[C@H]1CCCC[C@H]1Cc1ccccc1. The maximum absolute atomic E-state index is 6.21. The van der Waals surface area contributed by atoms with Gasteiger partial charge in [0.1, 0.15) is 0 Å². The molecule has 20 heavy (non-hydrogen) atoms. The molecule has 0 unspecified atom stereocenters. The van der Waals surface area contributed by atoms with Crippen LogP contribution in [-0.4, -0.2) is 0 Å². The van der Waals surface area contributed by atoms with Gasteiger partial charge in [0, 0.05) is 5.69 Å².